The summed E-state index contributed by atoms with van der Waals surface area (Å²) in [5.74, 6) is 0.193. The number of hydrogen-bond donors (Lipinski definition) is 4. The Morgan fingerprint density at radius 3 is 2.52 bits per heavy atom. The molecule has 5 N–H and O–H groups in total. The first kappa shape index (κ1) is 30.6. The van der Waals surface area contributed by atoms with E-state index in [-0.39, 0.29) is 24.3 Å². The van der Waals surface area contributed by atoms with Crippen molar-refractivity contribution in [2.45, 2.75) is 102 Å². The predicted molar refractivity (Wildman–Crippen MR) is 177 cm³/mol. The number of phenolic OH excluding ortho intramolecular Hbond substituents is 1. The third-order valence-electron chi connectivity index (χ3n) is 10.4. The maximum atomic E-state index is 13.2. The monoisotopic (exact) mass is 622 g/mol. The zero-order chi connectivity index (χ0) is 32.2. The van der Waals surface area contributed by atoms with Crippen LogP contribution in [0.5, 0.6) is 5.75 Å². The van der Waals surface area contributed by atoms with Gasteiger partial charge in [-0.25, -0.2) is 9.78 Å². The van der Waals surface area contributed by atoms with Crippen LogP contribution in [-0.4, -0.2) is 43.9 Å². The largest absolute Gasteiger partial charge is 0.508 e. The van der Waals surface area contributed by atoms with Crippen molar-refractivity contribution in [2.24, 2.45) is 5.73 Å². The van der Waals surface area contributed by atoms with Crippen LogP contribution >= 0.6 is 0 Å². The Labute approximate surface area is 268 Å². The van der Waals surface area contributed by atoms with E-state index in [0.29, 0.717) is 47.6 Å². The second-order valence-electron chi connectivity index (χ2n) is 13.2. The molecule has 0 amide bonds. The van der Waals surface area contributed by atoms with E-state index >= 15 is 0 Å². The van der Waals surface area contributed by atoms with Crippen molar-refractivity contribution < 1.29 is 19.7 Å². The Kier molecular flexibility index (Phi) is 7.95. The van der Waals surface area contributed by atoms with Crippen LogP contribution < -0.4 is 16.6 Å². The van der Waals surface area contributed by atoms with Crippen molar-refractivity contribution in [3.63, 3.8) is 0 Å². The summed E-state index contributed by atoms with van der Waals surface area (Å²) in [5.41, 5.74) is 9.90. The number of fused-ring (bicyclic) bond motifs is 5. The summed E-state index contributed by atoms with van der Waals surface area (Å²) in [6, 6.07) is 19.5. The van der Waals surface area contributed by atoms with Crippen molar-refractivity contribution in [1.29, 1.82) is 0 Å². The number of hydrogen-bond acceptors (Lipinski definition) is 8. The molecule has 9 nitrogen and oxygen atoms in total. The van der Waals surface area contributed by atoms with Crippen molar-refractivity contribution >= 4 is 16.9 Å². The predicted octanol–water partition coefficient (Wildman–Crippen LogP) is 4.75. The Morgan fingerprint density at radius 2 is 1.80 bits per heavy atom. The number of aromatic nitrogens is 2. The van der Waals surface area contributed by atoms with E-state index in [2.05, 4.69) is 35.6 Å². The van der Waals surface area contributed by atoms with Gasteiger partial charge in [0.15, 0.2) is 5.60 Å². The summed E-state index contributed by atoms with van der Waals surface area (Å²) in [6.07, 6.45) is 7.05. The van der Waals surface area contributed by atoms with Crippen LogP contribution in [0.15, 0.2) is 59.4 Å². The number of phenols is 1. The minimum Gasteiger partial charge on any atom is -0.508 e. The van der Waals surface area contributed by atoms with Crippen molar-refractivity contribution in [3.05, 3.63) is 92.8 Å². The van der Waals surface area contributed by atoms with Crippen LogP contribution in [0.25, 0.3) is 22.3 Å². The smallest absolute Gasteiger partial charge is 0.343 e. The molecule has 2 fully saturated rings. The summed E-state index contributed by atoms with van der Waals surface area (Å²) >= 11 is 0. The van der Waals surface area contributed by atoms with Gasteiger partial charge >= 0.3 is 5.97 Å². The number of nitrogens with two attached hydrogens (primary N) is 1. The maximum absolute atomic E-state index is 13.2. The van der Waals surface area contributed by atoms with E-state index < -0.39 is 11.6 Å². The van der Waals surface area contributed by atoms with Crippen LogP contribution in [0.2, 0.25) is 0 Å². The third-order valence-corrected chi connectivity index (χ3v) is 10.4. The number of aromatic hydroxyl groups is 1. The molecule has 2 aromatic heterocycles. The molecule has 2 aliphatic carbocycles. The molecular weight excluding hydrogens is 580 g/mol. The standard InChI is InChI=1S/C22H20N2O5.C15H22N2/c1-3-12-13-7-11(25)5-6-17(13)23-19-14(12)9-24-18(19)8-16-15(20(24)26)10-29-21(27)22(16,28)4-2;16-12-6-8-13(9-7-12)17-15-10-14(15)11-4-2-1-3-5-11/h5-8,25,28H,3-4,9-10H2,1-2H3;1-5,12-15,17H,6-10,16H2/t22-;/m0./s1. The Balaban J connectivity index is 0.000000169. The van der Waals surface area contributed by atoms with Gasteiger partial charge in [-0.05, 0) is 80.3 Å². The molecule has 2 saturated carbocycles. The zero-order valence-electron chi connectivity index (χ0n) is 26.5. The van der Waals surface area contributed by atoms with Crippen LogP contribution in [0.3, 0.4) is 0 Å². The fraction of sp³-hybridized carbons (Fsp3) is 0.432. The fourth-order valence-corrected chi connectivity index (χ4v) is 7.59. The molecule has 0 bridgehead atoms. The summed E-state index contributed by atoms with van der Waals surface area (Å²) < 4.78 is 6.73. The van der Waals surface area contributed by atoms with Gasteiger partial charge in [0, 0.05) is 40.6 Å². The molecule has 2 unspecified atom stereocenters. The molecule has 4 aliphatic rings. The topological polar surface area (TPSA) is 140 Å². The lowest BCUT2D eigenvalue weighted by molar-refractivity contribution is -0.172. The quantitative estimate of drug-likeness (QED) is 0.206. The number of carbonyl (C=O) groups excluding carboxylic acids is 1. The van der Waals surface area contributed by atoms with Gasteiger partial charge in [-0.2, -0.15) is 0 Å². The van der Waals surface area contributed by atoms with Gasteiger partial charge in [-0.15, -0.1) is 0 Å². The van der Waals surface area contributed by atoms with E-state index in [1.165, 1.54) is 37.7 Å². The number of cyclic esters (lactones) is 1. The third kappa shape index (κ3) is 5.30. The molecule has 0 saturated heterocycles. The minimum absolute atomic E-state index is 0.110. The molecule has 0 radical (unpaired) electrons. The average Bonchev–Trinajstić information content (AvgIpc) is 3.74. The number of benzene rings is 2. The lowest BCUT2D eigenvalue weighted by Crippen LogP contribution is -2.44. The number of pyridine rings is 2. The molecular formula is C37H42N4O5. The second-order valence-corrected chi connectivity index (χ2v) is 13.2. The molecule has 4 aromatic rings. The molecule has 9 heteroatoms. The number of ether oxygens (including phenoxy) is 1. The first-order valence-electron chi connectivity index (χ1n) is 16.6. The fourth-order valence-electron chi connectivity index (χ4n) is 7.59. The van der Waals surface area contributed by atoms with E-state index in [4.69, 9.17) is 15.5 Å². The molecule has 0 spiro atoms. The zero-order valence-corrected chi connectivity index (χ0v) is 26.5. The Bertz CT molecular complexity index is 1860. The lowest BCUT2D eigenvalue weighted by atomic mass is 9.86. The van der Waals surface area contributed by atoms with E-state index in [1.807, 2.05) is 6.92 Å². The Hall–Kier alpha value is -4.05. The van der Waals surface area contributed by atoms with Gasteiger partial charge in [0.2, 0.25) is 0 Å². The Morgan fingerprint density at radius 1 is 1.04 bits per heavy atom. The van der Waals surface area contributed by atoms with Gasteiger partial charge in [0.05, 0.1) is 29.0 Å². The van der Waals surface area contributed by atoms with Gasteiger partial charge in [0.25, 0.3) is 5.56 Å². The molecule has 2 aromatic carbocycles. The first-order chi connectivity index (χ1) is 22.2. The van der Waals surface area contributed by atoms with E-state index in [9.17, 15) is 19.8 Å². The van der Waals surface area contributed by atoms with E-state index in [1.54, 1.807) is 35.8 Å². The summed E-state index contributed by atoms with van der Waals surface area (Å²) in [7, 11) is 0. The highest BCUT2D eigenvalue weighted by Gasteiger charge is 2.45. The van der Waals surface area contributed by atoms with Crippen molar-refractivity contribution in [3.8, 4) is 17.1 Å². The number of esters is 1. The summed E-state index contributed by atoms with van der Waals surface area (Å²) in [4.78, 5) is 30.2. The van der Waals surface area contributed by atoms with Gasteiger partial charge in [-0.3, -0.25) is 4.79 Å². The molecule has 2 aliphatic heterocycles. The molecule has 8 rings (SSSR count). The SMILES string of the molecule is CCc1c2c(nc3ccc(O)cc13)-c1cc3c(c(=O)n1C2)COC(=O)[C@]3(O)CC.NC1CCC(NC2CC2c2ccccc2)CC1. The number of nitrogens with zero attached hydrogens (tertiary/aromatic N) is 2. The highest BCUT2D eigenvalue weighted by atomic mass is 16.6. The molecule has 240 valence electrons. The summed E-state index contributed by atoms with van der Waals surface area (Å²) in [5, 5.41) is 25.5. The van der Waals surface area contributed by atoms with Gasteiger partial charge in [-0.1, -0.05) is 44.2 Å². The minimum atomic E-state index is -1.83. The number of aryl methyl sites for hydroxylation is 1. The number of rotatable bonds is 5. The van der Waals surface area contributed by atoms with Crippen LogP contribution in [0.4, 0.5) is 0 Å². The highest BCUT2D eigenvalue weighted by molar-refractivity contribution is 5.89. The van der Waals surface area contributed by atoms with Crippen LogP contribution in [0, 0.1) is 0 Å². The average molecular weight is 623 g/mol. The van der Waals surface area contributed by atoms with Crippen molar-refractivity contribution in [2.75, 3.05) is 0 Å². The van der Waals surface area contributed by atoms with Gasteiger partial charge < -0.3 is 30.6 Å². The second kappa shape index (κ2) is 12.0. The van der Waals surface area contributed by atoms with Crippen LogP contribution in [0.1, 0.15) is 86.1 Å². The highest BCUT2D eigenvalue weighted by Crippen LogP contribution is 2.42. The molecule has 3 atom stereocenters. The maximum Gasteiger partial charge on any atom is 0.343 e. The normalized spacial score (nSPS) is 26.0. The number of aliphatic hydroxyl groups is 1. The first-order valence-corrected chi connectivity index (χ1v) is 16.6. The molecule has 4 heterocycles. The lowest BCUT2D eigenvalue weighted by Gasteiger charge is -2.31. The summed E-state index contributed by atoms with van der Waals surface area (Å²) in [6.45, 7) is 3.92. The number of nitrogens with one attached hydrogen (secondary N) is 1. The molecule has 46 heavy (non-hydrogen) atoms. The van der Waals surface area contributed by atoms with Gasteiger partial charge in [0.1, 0.15) is 12.4 Å². The van der Waals surface area contributed by atoms with Crippen molar-refractivity contribution in [1.82, 2.24) is 14.9 Å². The van der Waals surface area contributed by atoms with Crippen LogP contribution in [-0.2, 0) is 34.7 Å². The van der Waals surface area contributed by atoms with E-state index in [0.717, 1.165) is 34.0 Å². The number of carbonyl (C=O) groups is 1.